The number of benzene rings is 3. The normalized spacial score (nSPS) is 14.9. The average Bonchev–Trinajstić information content (AvgIpc) is 3.64. The van der Waals surface area contributed by atoms with E-state index in [0.717, 1.165) is 34.9 Å². The van der Waals surface area contributed by atoms with Gasteiger partial charge in [0.25, 0.3) is 5.91 Å². The van der Waals surface area contributed by atoms with E-state index in [9.17, 15) is 14.7 Å². The third kappa shape index (κ3) is 6.44. The first-order chi connectivity index (χ1) is 18.9. The van der Waals surface area contributed by atoms with Gasteiger partial charge in [-0.2, -0.15) is 0 Å². The predicted molar refractivity (Wildman–Crippen MR) is 157 cm³/mol. The van der Waals surface area contributed by atoms with Crippen molar-refractivity contribution in [3.05, 3.63) is 105 Å². The number of aromatic nitrogens is 1. The van der Waals surface area contributed by atoms with Gasteiger partial charge in [0.15, 0.2) is 5.13 Å². The van der Waals surface area contributed by atoms with Gasteiger partial charge in [-0.15, -0.1) is 11.3 Å². The maximum atomic E-state index is 13.0. The second-order valence-corrected chi connectivity index (χ2v) is 11.1. The number of anilines is 1. The molecule has 1 aliphatic heterocycles. The summed E-state index contributed by atoms with van der Waals surface area (Å²) >= 11 is 13.9. The summed E-state index contributed by atoms with van der Waals surface area (Å²) in [6.45, 7) is 1.83. The van der Waals surface area contributed by atoms with E-state index in [-0.39, 0.29) is 5.91 Å². The van der Waals surface area contributed by atoms with Crippen molar-refractivity contribution in [2.75, 3.05) is 18.0 Å². The number of likely N-dealkylation sites (tertiary alicyclic amines) is 1. The summed E-state index contributed by atoms with van der Waals surface area (Å²) in [5.74, 6) is -1.19. The summed E-state index contributed by atoms with van der Waals surface area (Å²) in [4.78, 5) is 33.1. The van der Waals surface area contributed by atoms with E-state index in [1.807, 2.05) is 47.8 Å². The largest absolute Gasteiger partial charge is 0.480 e. The smallest absolute Gasteiger partial charge is 0.326 e. The zero-order valence-electron chi connectivity index (χ0n) is 21.1. The molecule has 0 aliphatic carbocycles. The minimum Gasteiger partial charge on any atom is -0.480 e. The second kappa shape index (κ2) is 12.2. The molecule has 9 heteroatoms. The fourth-order valence-electron chi connectivity index (χ4n) is 4.75. The number of halogens is 2. The van der Waals surface area contributed by atoms with Crippen LogP contribution in [-0.4, -0.2) is 46.0 Å². The number of hydrogen-bond donors (Lipinski definition) is 1. The lowest BCUT2D eigenvalue weighted by Gasteiger charge is -2.23. The van der Waals surface area contributed by atoms with Crippen LogP contribution < -0.4 is 4.90 Å². The van der Waals surface area contributed by atoms with Crippen LogP contribution in [-0.2, 0) is 17.8 Å². The van der Waals surface area contributed by atoms with Crippen LogP contribution in [0.2, 0.25) is 10.0 Å². The number of carbonyl (C=O) groups excluding carboxylic acids is 1. The topological polar surface area (TPSA) is 73.7 Å². The molecule has 0 spiro atoms. The van der Waals surface area contributed by atoms with E-state index in [4.69, 9.17) is 28.2 Å². The molecule has 39 heavy (non-hydrogen) atoms. The van der Waals surface area contributed by atoms with E-state index in [1.54, 1.807) is 29.5 Å². The fourth-order valence-corrected chi connectivity index (χ4v) is 5.91. The SMILES string of the molecule is O=C(O)C1CCCN1C(=O)c1ccc(CN(CCc2ccccc2)c2nc(-c3ccc(Cl)c(Cl)c3)cs2)cc1. The number of carbonyl (C=O) groups is 2. The van der Waals surface area contributed by atoms with Crippen molar-refractivity contribution in [1.82, 2.24) is 9.88 Å². The molecule has 5 rings (SSSR count). The number of rotatable bonds is 9. The standard InChI is InChI=1S/C30H27Cl2N3O3S/c31-24-13-12-23(17-25(24)32)26-19-39-30(33-26)34(16-14-20-5-2-1-3-6-20)18-21-8-10-22(11-9-21)28(36)35-15-4-7-27(35)29(37)38/h1-3,5-6,8-13,17,19,27H,4,7,14-16,18H2,(H,37,38). The first-order valence-electron chi connectivity index (χ1n) is 12.7. The molecule has 6 nitrogen and oxygen atoms in total. The molecular weight excluding hydrogens is 553 g/mol. The third-order valence-electron chi connectivity index (χ3n) is 6.86. The van der Waals surface area contributed by atoms with Gasteiger partial charge in [-0.25, -0.2) is 9.78 Å². The van der Waals surface area contributed by atoms with Gasteiger partial charge >= 0.3 is 5.97 Å². The van der Waals surface area contributed by atoms with Crippen molar-refractivity contribution < 1.29 is 14.7 Å². The van der Waals surface area contributed by atoms with Gasteiger partial charge in [0.2, 0.25) is 0 Å². The molecule has 1 aromatic heterocycles. The minimum atomic E-state index is -0.949. The van der Waals surface area contributed by atoms with Crippen molar-refractivity contribution >= 4 is 51.5 Å². The van der Waals surface area contributed by atoms with Crippen LogP contribution in [0.25, 0.3) is 11.3 Å². The van der Waals surface area contributed by atoms with Crippen molar-refractivity contribution in [2.24, 2.45) is 0 Å². The second-order valence-electron chi connectivity index (χ2n) is 9.49. The Bertz CT molecular complexity index is 1460. The number of amides is 1. The maximum absolute atomic E-state index is 13.0. The Morgan fingerprint density at radius 3 is 2.49 bits per heavy atom. The Hall–Kier alpha value is -3.39. The highest BCUT2D eigenvalue weighted by Crippen LogP contribution is 2.32. The third-order valence-corrected chi connectivity index (χ3v) is 8.50. The van der Waals surface area contributed by atoms with Gasteiger partial charge in [0, 0.05) is 36.1 Å². The van der Waals surface area contributed by atoms with Crippen LogP contribution >= 0.6 is 34.5 Å². The molecule has 200 valence electrons. The van der Waals surface area contributed by atoms with Crippen LogP contribution in [0.4, 0.5) is 5.13 Å². The molecule has 1 aliphatic rings. The van der Waals surface area contributed by atoms with Gasteiger partial charge in [0.1, 0.15) is 6.04 Å². The number of carboxylic acids is 1. The fraction of sp³-hybridized carbons (Fsp3) is 0.233. The van der Waals surface area contributed by atoms with Gasteiger partial charge < -0.3 is 14.9 Å². The Morgan fingerprint density at radius 2 is 1.77 bits per heavy atom. The molecule has 1 unspecified atom stereocenters. The quantitative estimate of drug-likeness (QED) is 0.230. The van der Waals surface area contributed by atoms with Gasteiger partial charge in [0.05, 0.1) is 15.7 Å². The highest BCUT2D eigenvalue weighted by Gasteiger charge is 2.34. The van der Waals surface area contributed by atoms with Crippen LogP contribution in [0.5, 0.6) is 0 Å². The number of aliphatic carboxylic acids is 1. The van der Waals surface area contributed by atoms with E-state index in [1.165, 1.54) is 10.5 Å². The molecule has 1 N–H and O–H groups in total. The molecule has 2 heterocycles. The summed E-state index contributed by atoms with van der Waals surface area (Å²) in [6.07, 6.45) is 2.05. The lowest BCUT2D eigenvalue weighted by atomic mass is 10.1. The number of carboxylic acid groups (broad SMARTS) is 1. The summed E-state index contributed by atoms with van der Waals surface area (Å²) in [6, 6.07) is 22.5. The van der Waals surface area contributed by atoms with Crippen molar-refractivity contribution in [2.45, 2.75) is 31.8 Å². The summed E-state index contributed by atoms with van der Waals surface area (Å²) in [7, 11) is 0. The van der Waals surface area contributed by atoms with E-state index < -0.39 is 12.0 Å². The van der Waals surface area contributed by atoms with Crippen molar-refractivity contribution in [3.63, 3.8) is 0 Å². The molecule has 1 amide bonds. The zero-order chi connectivity index (χ0) is 27.4. The first kappa shape index (κ1) is 27.2. The average molecular weight is 581 g/mol. The zero-order valence-corrected chi connectivity index (χ0v) is 23.4. The first-order valence-corrected chi connectivity index (χ1v) is 14.3. The molecule has 4 aromatic rings. The Morgan fingerprint density at radius 1 is 1.00 bits per heavy atom. The van der Waals surface area contributed by atoms with Gasteiger partial charge in [-0.3, -0.25) is 4.79 Å². The Balaban J connectivity index is 1.35. The lowest BCUT2D eigenvalue weighted by molar-refractivity contribution is -0.141. The summed E-state index contributed by atoms with van der Waals surface area (Å²) in [5.41, 5.74) is 4.50. The van der Waals surface area contributed by atoms with Crippen molar-refractivity contribution in [3.8, 4) is 11.3 Å². The lowest BCUT2D eigenvalue weighted by Crippen LogP contribution is -2.40. The Kier molecular flexibility index (Phi) is 8.50. The Labute approximate surface area is 241 Å². The van der Waals surface area contributed by atoms with Gasteiger partial charge in [-0.1, -0.05) is 71.7 Å². The number of nitrogens with zero attached hydrogens (tertiary/aromatic N) is 3. The molecule has 0 radical (unpaired) electrons. The maximum Gasteiger partial charge on any atom is 0.326 e. The number of hydrogen-bond acceptors (Lipinski definition) is 5. The van der Waals surface area contributed by atoms with Crippen LogP contribution in [0, 0.1) is 0 Å². The summed E-state index contributed by atoms with van der Waals surface area (Å²) < 4.78 is 0. The number of thiazole rings is 1. The highest BCUT2D eigenvalue weighted by atomic mass is 35.5. The van der Waals surface area contributed by atoms with Crippen LogP contribution in [0.3, 0.4) is 0 Å². The molecule has 1 fully saturated rings. The van der Waals surface area contributed by atoms with Crippen molar-refractivity contribution in [1.29, 1.82) is 0 Å². The molecule has 3 aromatic carbocycles. The van der Waals surface area contributed by atoms with Gasteiger partial charge in [-0.05, 0) is 54.7 Å². The van der Waals surface area contributed by atoms with Crippen LogP contribution in [0.15, 0.2) is 78.2 Å². The molecule has 1 saturated heterocycles. The monoisotopic (exact) mass is 579 g/mol. The molecule has 1 atom stereocenters. The summed E-state index contributed by atoms with van der Waals surface area (Å²) in [5, 5.41) is 13.3. The van der Waals surface area contributed by atoms with E-state index in [2.05, 4.69) is 17.0 Å². The molecule has 0 saturated carbocycles. The molecular formula is C30H27Cl2N3O3S. The highest BCUT2D eigenvalue weighted by molar-refractivity contribution is 7.14. The van der Waals surface area contributed by atoms with Crippen LogP contribution in [0.1, 0.15) is 34.3 Å². The predicted octanol–water partition coefficient (Wildman–Crippen LogP) is 7.06. The molecule has 0 bridgehead atoms. The van der Waals surface area contributed by atoms with E-state index >= 15 is 0 Å². The van der Waals surface area contributed by atoms with E-state index in [0.29, 0.717) is 41.5 Å². The minimum absolute atomic E-state index is 0.237.